The molecule has 0 aliphatic heterocycles. The van der Waals surface area contributed by atoms with Crippen molar-refractivity contribution in [3.05, 3.63) is 59.7 Å². The Morgan fingerprint density at radius 3 is 2.17 bits per heavy atom. The molecule has 1 N–H and O–H groups in total. The summed E-state index contributed by atoms with van der Waals surface area (Å²) < 4.78 is 10.6. The van der Waals surface area contributed by atoms with E-state index in [4.69, 9.17) is 9.47 Å². The molecule has 7 nitrogen and oxygen atoms in total. The molecule has 0 saturated heterocycles. The minimum atomic E-state index is -1.10. The van der Waals surface area contributed by atoms with E-state index in [0.29, 0.717) is 0 Å². The van der Waals surface area contributed by atoms with Gasteiger partial charge in [0.2, 0.25) is 6.08 Å². The molecule has 0 radical (unpaired) electrons. The Balaban J connectivity index is 1.63. The van der Waals surface area contributed by atoms with E-state index in [9.17, 15) is 14.4 Å². The third-order valence-electron chi connectivity index (χ3n) is 4.62. The smallest absolute Gasteiger partial charge is 0.408 e. The summed E-state index contributed by atoms with van der Waals surface area (Å²) in [5.41, 5.74) is 3.73. The van der Waals surface area contributed by atoms with Gasteiger partial charge in [-0.2, -0.15) is 4.99 Å². The number of aliphatic imine (C=N–C) groups is 1. The molecule has 2 aromatic carbocycles. The van der Waals surface area contributed by atoms with Gasteiger partial charge in [-0.05, 0) is 43.0 Å². The molecular formula is C23H24N2O5. The first-order chi connectivity index (χ1) is 14.3. The fourth-order valence-corrected chi connectivity index (χ4v) is 3.51. The number of amides is 1. The summed E-state index contributed by atoms with van der Waals surface area (Å²) in [6.07, 6.45) is -0.811. The van der Waals surface area contributed by atoms with E-state index in [1.807, 2.05) is 48.5 Å². The molecule has 0 unspecified atom stereocenters. The largest absolute Gasteiger partial charge is 0.460 e. The molecule has 0 bridgehead atoms. The van der Waals surface area contributed by atoms with Gasteiger partial charge < -0.3 is 9.47 Å². The van der Waals surface area contributed by atoms with Gasteiger partial charge in [0.25, 0.3) is 0 Å². The zero-order valence-electron chi connectivity index (χ0n) is 17.2. The molecule has 1 aliphatic carbocycles. The molecule has 3 rings (SSSR count). The van der Waals surface area contributed by atoms with Crippen LogP contribution in [0, 0.1) is 0 Å². The lowest BCUT2D eigenvalue weighted by molar-refractivity contribution is -0.155. The fraction of sp³-hybridized carbons (Fsp3) is 0.348. The minimum absolute atomic E-state index is 0.0953. The number of benzene rings is 2. The molecule has 0 heterocycles. The Morgan fingerprint density at radius 2 is 1.63 bits per heavy atom. The first kappa shape index (κ1) is 21.3. The highest BCUT2D eigenvalue weighted by Crippen LogP contribution is 2.44. The zero-order valence-corrected chi connectivity index (χ0v) is 17.2. The molecular weight excluding hydrogens is 384 g/mol. The van der Waals surface area contributed by atoms with Crippen LogP contribution in [0.5, 0.6) is 0 Å². The van der Waals surface area contributed by atoms with Crippen molar-refractivity contribution in [2.24, 2.45) is 4.99 Å². The fourth-order valence-electron chi connectivity index (χ4n) is 3.51. The maximum Gasteiger partial charge on any atom is 0.408 e. The number of ether oxygens (including phenoxy) is 2. The highest BCUT2D eigenvalue weighted by atomic mass is 16.6. The van der Waals surface area contributed by atoms with Crippen molar-refractivity contribution < 1.29 is 23.9 Å². The summed E-state index contributed by atoms with van der Waals surface area (Å²) in [6.45, 7) is 5.29. The third-order valence-corrected chi connectivity index (χ3v) is 4.62. The molecule has 30 heavy (non-hydrogen) atoms. The molecule has 0 spiro atoms. The number of isocyanates is 1. The van der Waals surface area contributed by atoms with E-state index in [1.54, 1.807) is 20.8 Å². The van der Waals surface area contributed by atoms with Gasteiger partial charge in [0.1, 0.15) is 18.4 Å². The first-order valence-electron chi connectivity index (χ1n) is 9.69. The number of alkyl carbamates (subject to hydrolysis) is 1. The average molecular weight is 408 g/mol. The van der Waals surface area contributed by atoms with Crippen molar-refractivity contribution in [3.8, 4) is 11.1 Å². The SMILES string of the molecule is CC(C)(C)OC(=O)C[C@@H](N=C=O)NC(=O)OCC1c2ccccc2-c2ccccc21. The number of nitrogens with one attached hydrogen (secondary N) is 1. The van der Waals surface area contributed by atoms with Crippen molar-refractivity contribution in [1.29, 1.82) is 0 Å². The van der Waals surface area contributed by atoms with E-state index in [0.717, 1.165) is 22.3 Å². The monoisotopic (exact) mass is 408 g/mol. The summed E-state index contributed by atoms with van der Waals surface area (Å²) in [5.74, 6) is -0.688. The summed E-state index contributed by atoms with van der Waals surface area (Å²) in [5, 5.41) is 2.42. The second kappa shape index (κ2) is 8.93. The van der Waals surface area contributed by atoms with E-state index in [-0.39, 0.29) is 18.9 Å². The Bertz CT molecular complexity index is 944. The normalized spacial score (nSPS) is 13.4. The highest BCUT2D eigenvalue weighted by molar-refractivity contribution is 5.79. The maximum atomic E-state index is 12.3. The van der Waals surface area contributed by atoms with Crippen LogP contribution in [0.15, 0.2) is 53.5 Å². The molecule has 1 amide bonds. The quantitative estimate of drug-likeness (QED) is 0.444. The van der Waals surface area contributed by atoms with Gasteiger partial charge in [-0.3, -0.25) is 10.1 Å². The van der Waals surface area contributed by atoms with Crippen LogP contribution < -0.4 is 5.32 Å². The molecule has 2 aromatic rings. The Hall–Kier alpha value is -3.44. The standard InChI is InChI=1S/C23H24N2O5/c1-23(2,3)30-21(27)12-20(24-14-26)25-22(28)29-13-19-17-10-6-4-8-15(17)16-9-5-7-11-18(16)19/h4-11,19-20H,12-13H2,1-3H3,(H,25,28)/t20-/m0/s1. The Morgan fingerprint density at radius 1 is 1.07 bits per heavy atom. The van der Waals surface area contributed by atoms with Gasteiger partial charge in [-0.15, -0.1) is 0 Å². The van der Waals surface area contributed by atoms with Gasteiger partial charge in [0, 0.05) is 5.92 Å². The molecule has 0 saturated carbocycles. The molecule has 0 fully saturated rings. The van der Waals surface area contributed by atoms with Crippen LogP contribution >= 0.6 is 0 Å². The minimum Gasteiger partial charge on any atom is -0.460 e. The van der Waals surface area contributed by atoms with Crippen LogP contribution in [0.2, 0.25) is 0 Å². The second-order valence-corrected chi connectivity index (χ2v) is 8.00. The summed E-state index contributed by atoms with van der Waals surface area (Å²) in [7, 11) is 0. The van der Waals surface area contributed by atoms with Gasteiger partial charge in [0.15, 0.2) is 0 Å². The Labute approximate surface area is 175 Å². The van der Waals surface area contributed by atoms with E-state index in [1.165, 1.54) is 6.08 Å². The van der Waals surface area contributed by atoms with Crippen LogP contribution in [-0.4, -0.2) is 36.5 Å². The molecule has 1 aliphatic rings. The lowest BCUT2D eigenvalue weighted by atomic mass is 9.98. The van der Waals surface area contributed by atoms with Gasteiger partial charge >= 0.3 is 12.1 Å². The van der Waals surface area contributed by atoms with Crippen molar-refractivity contribution in [3.63, 3.8) is 0 Å². The third kappa shape index (κ3) is 5.13. The van der Waals surface area contributed by atoms with Crippen molar-refractivity contribution >= 4 is 18.1 Å². The zero-order chi connectivity index (χ0) is 21.7. The van der Waals surface area contributed by atoms with E-state index in [2.05, 4.69) is 10.3 Å². The lowest BCUT2D eigenvalue weighted by Gasteiger charge is -2.21. The number of hydrogen-bond acceptors (Lipinski definition) is 6. The predicted molar refractivity (Wildman–Crippen MR) is 111 cm³/mol. The van der Waals surface area contributed by atoms with E-state index >= 15 is 0 Å². The number of rotatable bonds is 6. The van der Waals surface area contributed by atoms with Crippen LogP contribution in [0.3, 0.4) is 0 Å². The lowest BCUT2D eigenvalue weighted by Crippen LogP contribution is -2.37. The number of fused-ring (bicyclic) bond motifs is 3. The van der Waals surface area contributed by atoms with Crippen molar-refractivity contribution in [2.75, 3.05) is 6.61 Å². The number of nitrogens with zero attached hydrogens (tertiary/aromatic N) is 1. The molecule has 7 heteroatoms. The van der Waals surface area contributed by atoms with Gasteiger partial charge in [-0.25, -0.2) is 9.59 Å². The van der Waals surface area contributed by atoms with Crippen molar-refractivity contribution in [2.45, 2.75) is 44.9 Å². The second-order valence-electron chi connectivity index (χ2n) is 8.00. The van der Waals surface area contributed by atoms with Crippen LogP contribution in [0.1, 0.15) is 44.2 Å². The summed E-state index contributed by atoms with van der Waals surface area (Å²) in [6, 6.07) is 16.0. The van der Waals surface area contributed by atoms with Gasteiger partial charge in [-0.1, -0.05) is 48.5 Å². The van der Waals surface area contributed by atoms with Crippen LogP contribution in [-0.2, 0) is 19.1 Å². The predicted octanol–water partition coefficient (Wildman–Crippen LogP) is 3.92. The average Bonchev–Trinajstić information content (AvgIpc) is 2.99. The number of esters is 1. The van der Waals surface area contributed by atoms with Crippen LogP contribution in [0.4, 0.5) is 4.79 Å². The Kier molecular flexibility index (Phi) is 6.33. The number of carbonyl (C=O) groups is 2. The molecule has 1 atom stereocenters. The first-order valence-corrected chi connectivity index (χ1v) is 9.69. The van der Waals surface area contributed by atoms with Gasteiger partial charge in [0.05, 0.1) is 6.42 Å². The highest BCUT2D eigenvalue weighted by Gasteiger charge is 2.29. The molecule has 156 valence electrons. The summed E-state index contributed by atoms with van der Waals surface area (Å²) in [4.78, 5) is 38.4. The topological polar surface area (TPSA) is 94.1 Å². The van der Waals surface area contributed by atoms with Crippen LogP contribution in [0.25, 0.3) is 11.1 Å². The number of hydrogen-bond donors (Lipinski definition) is 1. The van der Waals surface area contributed by atoms with E-state index < -0.39 is 23.8 Å². The molecule has 0 aromatic heterocycles. The maximum absolute atomic E-state index is 12.3. The van der Waals surface area contributed by atoms with Crippen molar-refractivity contribution in [1.82, 2.24) is 5.32 Å². The number of carbonyl (C=O) groups excluding carboxylic acids is 3. The summed E-state index contributed by atoms with van der Waals surface area (Å²) >= 11 is 0.